The summed E-state index contributed by atoms with van der Waals surface area (Å²) in [4.78, 5) is 18.4. The maximum atomic E-state index is 14.1. The fourth-order valence-corrected chi connectivity index (χ4v) is 4.96. The lowest BCUT2D eigenvalue weighted by molar-refractivity contribution is -0.147. The maximum Gasteiger partial charge on any atom is 0.317 e. The minimum absolute atomic E-state index is 0.297. The van der Waals surface area contributed by atoms with Crippen molar-refractivity contribution >= 4 is 17.3 Å². The first-order valence-corrected chi connectivity index (χ1v) is 9.35. The molecule has 1 atom stereocenters. The summed E-state index contributed by atoms with van der Waals surface area (Å²) in [5.74, 6) is -1.02. The molecule has 6 heteroatoms. The number of methoxy groups -OCH3 is 1. The monoisotopic (exact) mass is 385 g/mol. The third-order valence-electron chi connectivity index (χ3n) is 5.16. The van der Waals surface area contributed by atoms with E-state index in [1.807, 2.05) is 0 Å². The van der Waals surface area contributed by atoms with Crippen LogP contribution in [0.3, 0.4) is 0 Å². The highest BCUT2D eigenvalue weighted by Gasteiger charge is 2.49. The van der Waals surface area contributed by atoms with E-state index in [2.05, 4.69) is 4.98 Å². The number of nitrogens with zero attached hydrogens (tertiary/aromatic N) is 1. The molecule has 1 aliphatic carbocycles. The van der Waals surface area contributed by atoms with Crippen LogP contribution in [0.1, 0.15) is 21.7 Å². The third kappa shape index (κ3) is 2.84. The molecule has 3 nitrogen and oxygen atoms in total. The average molecular weight is 385 g/mol. The van der Waals surface area contributed by atoms with Gasteiger partial charge in [-0.15, -0.1) is 11.3 Å². The summed E-state index contributed by atoms with van der Waals surface area (Å²) in [6, 6.07) is 11.0. The Morgan fingerprint density at radius 1 is 1.15 bits per heavy atom. The number of halogens is 2. The van der Waals surface area contributed by atoms with E-state index in [1.165, 1.54) is 36.6 Å². The minimum atomic E-state index is -0.962. The van der Waals surface area contributed by atoms with Gasteiger partial charge in [-0.05, 0) is 48.4 Å². The second kappa shape index (κ2) is 6.53. The van der Waals surface area contributed by atoms with E-state index in [4.69, 9.17) is 4.74 Å². The van der Waals surface area contributed by atoms with Crippen LogP contribution in [0.15, 0.2) is 42.5 Å². The molecule has 2 aromatic carbocycles. The quantitative estimate of drug-likeness (QED) is 0.618. The first kappa shape index (κ1) is 17.8. The van der Waals surface area contributed by atoms with E-state index in [1.54, 1.807) is 31.2 Å². The lowest BCUT2D eigenvalue weighted by atomic mass is 9.76. The van der Waals surface area contributed by atoms with Crippen molar-refractivity contribution in [1.82, 2.24) is 4.98 Å². The van der Waals surface area contributed by atoms with Crippen molar-refractivity contribution in [2.24, 2.45) is 0 Å². The van der Waals surface area contributed by atoms with Gasteiger partial charge in [0.05, 0.1) is 12.8 Å². The number of benzene rings is 2. The van der Waals surface area contributed by atoms with Crippen LogP contribution in [0.25, 0.3) is 10.6 Å². The summed E-state index contributed by atoms with van der Waals surface area (Å²) in [5, 5.41) is 0.787. The van der Waals surface area contributed by atoms with Crippen molar-refractivity contribution in [2.45, 2.75) is 25.2 Å². The molecule has 138 valence electrons. The van der Waals surface area contributed by atoms with Gasteiger partial charge >= 0.3 is 5.97 Å². The standard InChI is InChI=1S/C21H17F2NO2S/c1-12-15(4-3-5-16(12)23)21(20(25)26-2)10-17-18(11-21)27-19(24-17)13-6-8-14(22)9-7-13/h3-9H,10-11H2,1-2H3. The predicted molar refractivity (Wildman–Crippen MR) is 99.7 cm³/mol. The van der Waals surface area contributed by atoms with Gasteiger partial charge in [-0.2, -0.15) is 0 Å². The second-order valence-electron chi connectivity index (χ2n) is 6.74. The van der Waals surface area contributed by atoms with Crippen LogP contribution < -0.4 is 0 Å². The van der Waals surface area contributed by atoms with Gasteiger partial charge in [-0.25, -0.2) is 13.8 Å². The third-order valence-corrected chi connectivity index (χ3v) is 6.31. The van der Waals surface area contributed by atoms with Gasteiger partial charge in [0, 0.05) is 23.3 Å². The Bertz CT molecular complexity index is 1000. The van der Waals surface area contributed by atoms with E-state index in [0.717, 1.165) is 21.1 Å². The van der Waals surface area contributed by atoms with Crippen LogP contribution in [-0.2, 0) is 27.8 Å². The number of hydrogen-bond acceptors (Lipinski definition) is 4. The average Bonchev–Trinajstić information content (AvgIpc) is 3.21. The maximum absolute atomic E-state index is 14.1. The number of carbonyl (C=O) groups is 1. The molecule has 0 N–H and O–H groups in total. The van der Waals surface area contributed by atoms with E-state index in [0.29, 0.717) is 24.0 Å². The largest absolute Gasteiger partial charge is 0.468 e. The van der Waals surface area contributed by atoms with Crippen molar-refractivity contribution in [2.75, 3.05) is 7.11 Å². The number of aromatic nitrogens is 1. The first-order valence-electron chi connectivity index (χ1n) is 8.53. The number of thiazole rings is 1. The molecule has 4 rings (SSSR count). The second-order valence-corrected chi connectivity index (χ2v) is 7.82. The number of rotatable bonds is 3. The Morgan fingerprint density at radius 2 is 1.89 bits per heavy atom. The summed E-state index contributed by atoms with van der Waals surface area (Å²) < 4.78 is 32.4. The van der Waals surface area contributed by atoms with Crippen LogP contribution >= 0.6 is 11.3 Å². The molecule has 27 heavy (non-hydrogen) atoms. The van der Waals surface area contributed by atoms with Gasteiger partial charge < -0.3 is 4.74 Å². The van der Waals surface area contributed by atoms with Crippen LogP contribution in [0.5, 0.6) is 0 Å². The highest BCUT2D eigenvalue weighted by atomic mass is 32.1. The summed E-state index contributed by atoms with van der Waals surface area (Å²) in [6.45, 7) is 1.68. The van der Waals surface area contributed by atoms with Crippen LogP contribution in [0, 0.1) is 18.6 Å². The molecule has 1 aliphatic rings. The number of fused-ring (bicyclic) bond motifs is 1. The van der Waals surface area contributed by atoms with Crippen LogP contribution in [0.4, 0.5) is 8.78 Å². The summed E-state index contributed by atoms with van der Waals surface area (Å²) in [5.41, 5.74) is 1.78. The normalized spacial score (nSPS) is 18.4. The zero-order valence-electron chi connectivity index (χ0n) is 14.9. The fraction of sp³-hybridized carbons (Fsp3) is 0.238. The zero-order chi connectivity index (χ0) is 19.2. The van der Waals surface area contributed by atoms with Gasteiger partial charge in [-0.1, -0.05) is 12.1 Å². The Hall–Kier alpha value is -2.60. The molecule has 3 aromatic rings. The van der Waals surface area contributed by atoms with Crippen molar-refractivity contribution in [3.63, 3.8) is 0 Å². The zero-order valence-corrected chi connectivity index (χ0v) is 15.7. The van der Waals surface area contributed by atoms with Crippen molar-refractivity contribution in [1.29, 1.82) is 0 Å². The predicted octanol–water partition coefficient (Wildman–Crippen LogP) is 4.61. The Morgan fingerprint density at radius 3 is 2.56 bits per heavy atom. The first-order chi connectivity index (χ1) is 12.9. The van der Waals surface area contributed by atoms with E-state index < -0.39 is 5.41 Å². The topological polar surface area (TPSA) is 39.2 Å². The van der Waals surface area contributed by atoms with Gasteiger partial charge in [0.25, 0.3) is 0 Å². The SMILES string of the molecule is COC(=O)C1(c2cccc(F)c2C)Cc2nc(-c3ccc(F)cc3)sc2C1. The summed E-state index contributed by atoms with van der Waals surface area (Å²) in [6.07, 6.45) is 0.773. The van der Waals surface area contributed by atoms with E-state index in [9.17, 15) is 13.6 Å². The summed E-state index contributed by atoms with van der Waals surface area (Å²) in [7, 11) is 1.35. The Labute approximate surface area is 159 Å². The molecule has 1 unspecified atom stereocenters. The number of carbonyl (C=O) groups excluding carboxylic acids is 1. The van der Waals surface area contributed by atoms with Crippen molar-refractivity contribution < 1.29 is 18.3 Å². The molecule has 0 fully saturated rings. The Balaban J connectivity index is 1.75. The van der Waals surface area contributed by atoms with Gasteiger partial charge in [0.15, 0.2) is 0 Å². The molecule has 1 aromatic heterocycles. The molecule has 1 heterocycles. The fourth-order valence-electron chi connectivity index (χ4n) is 3.76. The van der Waals surface area contributed by atoms with Gasteiger partial charge in [0.1, 0.15) is 22.1 Å². The van der Waals surface area contributed by atoms with E-state index in [-0.39, 0.29) is 17.6 Å². The highest BCUT2D eigenvalue weighted by molar-refractivity contribution is 7.15. The molecule has 0 spiro atoms. The van der Waals surface area contributed by atoms with Crippen LogP contribution in [0.2, 0.25) is 0 Å². The van der Waals surface area contributed by atoms with E-state index >= 15 is 0 Å². The lowest BCUT2D eigenvalue weighted by Crippen LogP contribution is -2.39. The molecule has 0 amide bonds. The smallest absolute Gasteiger partial charge is 0.317 e. The molecule has 0 saturated carbocycles. The van der Waals surface area contributed by atoms with Crippen molar-refractivity contribution in [3.05, 3.63) is 75.8 Å². The number of hydrogen-bond donors (Lipinski definition) is 0. The molecule has 0 radical (unpaired) electrons. The van der Waals surface area contributed by atoms with Crippen LogP contribution in [-0.4, -0.2) is 18.1 Å². The minimum Gasteiger partial charge on any atom is -0.468 e. The molecule has 0 bridgehead atoms. The van der Waals surface area contributed by atoms with Gasteiger partial charge in [0.2, 0.25) is 0 Å². The Kier molecular flexibility index (Phi) is 4.30. The number of ether oxygens (including phenoxy) is 1. The summed E-state index contributed by atoms with van der Waals surface area (Å²) >= 11 is 1.48. The lowest BCUT2D eigenvalue weighted by Gasteiger charge is -2.28. The molecule has 0 aliphatic heterocycles. The molecular formula is C21H17F2NO2S. The van der Waals surface area contributed by atoms with Gasteiger partial charge in [-0.3, -0.25) is 4.79 Å². The number of esters is 1. The molecular weight excluding hydrogens is 368 g/mol. The van der Waals surface area contributed by atoms with Crippen molar-refractivity contribution in [3.8, 4) is 10.6 Å². The molecule has 0 saturated heterocycles. The highest BCUT2D eigenvalue weighted by Crippen LogP contribution is 2.45.